The number of hydrogen-bond acceptors (Lipinski definition) is 4. The molecule has 1 N–H and O–H groups in total. The van der Waals surface area contributed by atoms with E-state index in [1.807, 2.05) is 0 Å². The first-order valence-corrected chi connectivity index (χ1v) is 7.79. The monoisotopic (exact) mass is 363 g/mol. The maximum Gasteiger partial charge on any atom is 0.229 e. The molecule has 1 unspecified atom stereocenters. The van der Waals surface area contributed by atoms with Crippen molar-refractivity contribution in [2.45, 2.75) is 19.1 Å². The minimum atomic E-state index is -1.31. The van der Waals surface area contributed by atoms with Gasteiger partial charge in [0.25, 0.3) is 0 Å². The first-order valence-electron chi connectivity index (χ1n) is 7.79. The van der Waals surface area contributed by atoms with Crippen LogP contribution in [0.2, 0.25) is 0 Å². The second-order valence-corrected chi connectivity index (χ2v) is 6.06. The number of benzene rings is 2. The molecule has 1 amide bonds. The number of hydrogen-bond donors (Lipinski definition) is 1. The average molecular weight is 363 g/mol. The van der Waals surface area contributed by atoms with E-state index in [-0.39, 0.29) is 17.8 Å². The lowest BCUT2D eigenvalue weighted by Crippen LogP contribution is -2.32. The lowest BCUT2D eigenvalue weighted by Gasteiger charge is -2.21. The molecule has 26 heavy (non-hydrogen) atoms. The van der Waals surface area contributed by atoms with Gasteiger partial charge in [0, 0.05) is 12.7 Å². The minimum absolute atomic E-state index is 0.0678. The van der Waals surface area contributed by atoms with E-state index < -0.39 is 29.1 Å². The first kappa shape index (κ1) is 17.9. The molecule has 0 radical (unpaired) electrons. The number of rotatable bonds is 4. The minimum Gasteiger partial charge on any atom is -0.326 e. The Kier molecular flexibility index (Phi) is 4.69. The summed E-state index contributed by atoms with van der Waals surface area (Å²) in [5, 5.41) is 3.73. The summed E-state index contributed by atoms with van der Waals surface area (Å²) >= 11 is 0. The third kappa shape index (κ3) is 3.85. The Morgan fingerprint density at radius 1 is 1.19 bits per heavy atom. The number of carbonyl (C=O) groups is 1. The van der Waals surface area contributed by atoms with E-state index in [0.29, 0.717) is 5.69 Å². The fourth-order valence-corrected chi connectivity index (χ4v) is 2.69. The molecule has 0 saturated carbocycles. The molecule has 0 fully saturated rings. The van der Waals surface area contributed by atoms with Crippen LogP contribution in [-0.2, 0) is 9.63 Å². The molecular formula is C18H16F3N3O2. The molecule has 1 atom stereocenters. The van der Waals surface area contributed by atoms with Crippen molar-refractivity contribution in [3.63, 3.8) is 0 Å². The maximum absolute atomic E-state index is 14.0. The summed E-state index contributed by atoms with van der Waals surface area (Å²) in [7, 11) is 1.49. The predicted molar refractivity (Wildman–Crippen MR) is 89.8 cm³/mol. The van der Waals surface area contributed by atoms with Gasteiger partial charge in [0.05, 0.1) is 12.0 Å². The van der Waals surface area contributed by atoms with Gasteiger partial charge < -0.3 is 5.32 Å². The van der Waals surface area contributed by atoms with Crippen molar-refractivity contribution in [3.05, 3.63) is 65.5 Å². The van der Waals surface area contributed by atoms with Crippen LogP contribution in [0.3, 0.4) is 0 Å². The number of carbonyl (C=O) groups excluding carboxylic acids is 1. The Labute approximate surface area is 148 Å². The number of halogens is 3. The van der Waals surface area contributed by atoms with Crippen molar-refractivity contribution in [1.82, 2.24) is 5.06 Å². The van der Waals surface area contributed by atoms with E-state index in [4.69, 9.17) is 4.84 Å². The maximum atomic E-state index is 14.0. The van der Waals surface area contributed by atoms with Gasteiger partial charge in [-0.25, -0.2) is 28.1 Å². The third-order valence-electron chi connectivity index (χ3n) is 3.74. The second kappa shape index (κ2) is 6.80. The number of amides is 1. The third-order valence-corrected chi connectivity index (χ3v) is 3.74. The van der Waals surface area contributed by atoms with Crippen LogP contribution in [-0.4, -0.2) is 29.6 Å². The molecule has 0 saturated heterocycles. The molecule has 1 aliphatic heterocycles. The van der Waals surface area contributed by atoms with Crippen molar-refractivity contribution in [2.75, 3.05) is 12.4 Å². The van der Waals surface area contributed by atoms with Crippen molar-refractivity contribution in [3.8, 4) is 0 Å². The lowest BCUT2D eigenvalue weighted by molar-refractivity contribution is -0.164. The van der Waals surface area contributed by atoms with E-state index in [2.05, 4.69) is 10.3 Å². The van der Waals surface area contributed by atoms with Gasteiger partial charge in [-0.15, -0.1) is 0 Å². The molecule has 0 aromatic heterocycles. The van der Waals surface area contributed by atoms with Gasteiger partial charge in [-0.1, -0.05) is 6.07 Å². The van der Waals surface area contributed by atoms with E-state index in [9.17, 15) is 18.0 Å². The van der Waals surface area contributed by atoms with E-state index in [1.54, 1.807) is 13.0 Å². The highest BCUT2D eigenvalue weighted by Gasteiger charge is 2.38. The molecule has 1 heterocycles. The average Bonchev–Trinajstić information content (AvgIpc) is 2.83. The summed E-state index contributed by atoms with van der Waals surface area (Å²) in [5.74, 6) is -2.14. The standard InChI is InChI=1S/C18H16F3N3O2/c1-18(10-16(25)22-13-5-3-4-11(19)8-13)23-17(24(2)26-18)14-9-12(20)6-7-15(14)21/h3-9H,10H2,1-2H3,(H,22,25). The van der Waals surface area contributed by atoms with Gasteiger partial charge >= 0.3 is 0 Å². The van der Waals surface area contributed by atoms with Crippen LogP contribution in [0, 0.1) is 17.5 Å². The number of anilines is 1. The van der Waals surface area contributed by atoms with Crippen LogP contribution in [0.25, 0.3) is 0 Å². The summed E-state index contributed by atoms with van der Waals surface area (Å²) in [6.07, 6.45) is -0.200. The van der Waals surface area contributed by atoms with Gasteiger partial charge in [0.1, 0.15) is 17.5 Å². The molecule has 136 valence electrons. The quantitative estimate of drug-likeness (QED) is 0.905. The molecule has 1 aliphatic rings. The van der Waals surface area contributed by atoms with Crippen molar-refractivity contribution in [1.29, 1.82) is 0 Å². The van der Waals surface area contributed by atoms with Crippen LogP contribution in [0.5, 0.6) is 0 Å². The predicted octanol–water partition coefficient (Wildman–Crippen LogP) is 3.47. The molecule has 0 aliphatic carbocycles. The molecule has 0 bridgehead atoms. The SMILES string of the molecule is CN1OC(C)(CC(=O)Nc2cccc(F)c2)N=C1c1cc(F)ccc1F. The van der Waals surface area contributed by atoms with E-state index >= 15 is 0 Å². The second-order valence-electron chi connectivity index (χ2n) is 6.06. The Bertz CT molecular complexity index is 888. The van der Waals surface area contributed by atoms with Gasteiger partial charge in [0.15, 0.2) is 11.6 Å². The normalized spacial score (nSPS) is 19.4. The molecule has 5 nitrogen and oxygen atoms in total. The largest absolute Gasteiger partial charge is 0.326 e. The van der Waals surface area contributed by atoms with Crippen LogP contribution in [0.4, 0.5) is 18.9 Å². The van der Waals surface area contributed by atoms with Crippen molar-refractivity contribution >= 4 is 17.4 Å². The van der Waals surface area contributed by atoms with E-state index in [1.165, 1.54) is 30.3 Å². The summed E-state index contributed by atoms with van der Waals surface area (Å²) < 4.78 is 40.6. The summed E-state index contributed by atoms with van der Waals surface area (Å²) in [5.41, 5.74) is -1.08. The molecule has 8 heteroatoms. The number of hydroxylamine groups is 2. The fraction of sp³-hybridized carbons (Fsp3) is 0.222. The number of amidine groups is 1. The molecular weight excluding hydrogens is 347 g/mol. The summed E-state index contributed by atoms with van der Waals surface area (Å²) in [6.45, 7) is 1.54. The molecule has 2 aromatic rings. The number of nitrogens with one attached hydrogen (secondary N) is 1. The van der Waals surface area contributed by atoms with Crippen LogP contribution in [0.1, 0.15) is 18.9 Å². The molecule has 2 aromatic carbocycles. The highest BCUT2D eigenvalue weighted by atomic mass is 19.1. The van der Waals surface area contributed by atoms with E-state index in [0.717, 1.165) is 18.2 Å². The molecule has 3 rings (SSSR count). The number of nitrogens with zero attached hydrogens (tertiary/aromatic N) is 2. The summed E-state index contributed by atoms with van der Waals surface area (Å²) in [6, 6.07) is 8.45. The van der Waals surface area contributed by atoms with Gasteiger partial charge in [0.2, 0.25) is 5.91 Å². The van der Waals surface area contributed by atoms with Gasteiger partial charge in [-0.3, -0.25) is 4.79 Å². The molecule has 0 spiro atoms. The van der Waals surface area contributed by atoms with Crippen molar-refractivity contribution < 1.29 is 22.8 Å². The first-order chi connectivity index (χ1) is 12.3. The van der Waals surface area contributed by atoms with Gasteiger partial charge in [-0.05, 0) is 43.3 Å². The number of aliphatic imine (C=N–C) groups is 1. The highest BCUT2D eigenvalue weighted by Crippen LogP contribution is 2.29. The Morgan fingerprint density at radius 3 is 2.65 bits per heavy atom. The lowest BCUT2D eigenvalue weighted by atomic mass is 10.1. The Hall–Kier alpha value is -2.87. The van der Waals surface area contributed by atoms with Crippen LogP contribution < -0.4 is 5.32 Å². The van der Waals surface area contributed by atoms with Gasteiger partial charge in [-0.2, -0.15) is 0 Å². The van der Waals surface area contributed by atoms with Crippen molar-refractivity contribution in [2.24, 2.45) is 4.99 Å². The van der Waals surface area contributed by atoms with Crippen LogP contribution in [0.15, 0.2) is 47.5 Å². The topological polar surface area (TPSA) is 53.9 Å². The smallest absolute Gasteiger partial charge is 0.229 e. The zero-order valence-electron chi connectivity index (χ0n) is 14.1. The Balaban J connectivity index is 1.78. The Morgan fingerprint density at radius 2 is 1.92 bits per heavy atom. The highest BCUT2D eigenvalue weighted by molar-refractivity contribution is 6.00. The van der Waals surface area contributed by atoms with Crippen LogP contribution >= 0.6 is 0 Å². The zero-order valence-corrected chi connectivity index (χ0v) is 14.1. The zero-order chi connectivity index (χ0) is 18.9. The fourth-order valence-electron chi connectivity index (χ4n) is 2.69. The summed E-state index contributed by atoms with van der Waals surface area (Å²) in [4.78, 5) is 22.0.